The molecule has 0 saturated carbocycles. The Morgan fingerprint density at radius 1 is 1.18 bits per heavy atom. The molecule has 1 fully saturated rings. The van der Waals surface area contributed by atoms with Crippen LogP contribution >= 0.6 is 15.9 Å². The van der Waals surface area contributed by atoms with E-state index >= 15 is 0 Å². The maximum Gasteiger partial charge on any atom is 0.295 e. The summed E-state index contributed by atoms with van der Waals surface area (Å²) in [6.07, 6.45) is 0.734. The topological polar surface area (TPSA) is 70.1 Å². The third-order valence-corrected chi connectivity index (χ3v) is 6.01. The smallest absolute Gasteiger partial charge is 0.295 e. The molecular weight excluding hydrogens is 484 g/mol. The minimum Gasteiger partial charge on any atom is -0.507 e. The van der Waals surface area contributed by atoms with Crippen LogP contribution in [0, 0.1) is 6.92 Å². The number of carbonyl (C=O) groups is 2. The predicted molar refractivity (Wildman–Crippen MR) is 133 cm³/mol. The van der Waals surface area contributed by atoms with E-state index < -0.39 is 17.7 Å². The zero-order chi connectivity index (χ0) is 24.3. The first-order chi connectivity index (χ1) is 15.6. The molecule has 0 radical (unpaired) electrons. The molecule has 0 unspecified atom stereocenters. The van der Waals surface area contributed by atoms with Gasteiger partial charge >= 0.3 is 0 Å². The average molecular weight is 515 g/mol. The Kier molecular flexibility index (Phi) is 7.97. The number of carbonyl (C=O) groups excluding carboxylic acids is 2. The molecule has 2 aromatic rings. The normalized spacial score (nSPS) is 17.9. The Labute approximate surface area is 204 Å². The highest BCUT2D eigenvalue weighted by Gasteiger charge is 2.45. The van der Waals surface area contributed by atoms with E-state index in [1.54, 1.807) is 23.1 Å². The fourth-order valence-electron chi connectivity index (χ4n) is 4.03. The Morgan fingerprint density at radius 3 is 2.52 bits per heavy atom. The molecule has 1 heterocycles. The quantitative estimate of drug-likeness (QED) is 0.307. The highest BCUT2D eigenvalue weighted by molar-refractivity contribution is 9.10. The molecular formula is C26H31BrN2O4. The van der Waals surface area contributed by atoms with E-state index in [0.29, 0.717) is 24.3 Å². The molecule has 3 rings (SSSR count). The van der Waals surface area contributed by atoms with E-state index in [2.05, 4.69) is 15.9 Å². The van der Waals surface area contributed by atoms with Crippen LogP contribution in [0.15, 0.2) is 52.5 Å². The SMILES string of the molecule is Cc1cc(/C(O)=C2\C(=O)C(=O)N(CCCN(C)C)[C@H]2c2cccc(Br)c2)ccc1OC(C)C. The Hall–Kier alpha value is -2.64. The van der Waals surface area contributed by atoms with E-state index in [4.69, 9.17) is 4.74 Å². The summed E-state index contributed by atoms with van der Waals surface area (Å²) in [5.41, 5.74) is 2.20. The van der Waals surface area contributed by atoms with Crippen molar-refractivity contribution in [2.75, 3.05) is 27.2 Å². The number of halogens is 1. The van der Waals surface area contributed by atoms with Crippen molar-refractivity contribution in [3.63, 3.8) is 0 Å². The van der Waals surface area contributed by atoms with Gasteiger partial charge in [-0.2, -0.15) is 0 Å². The number of ether oxygens (including phenoxy) is 1. The highest BCUT2D eigenvalue weighted by atomic mass is 79.9. The molecule has 176 valence electrons. The van der Waals surface area contributed by atoms with Crippen molar-refractivity contribution in [2.24, 2.45) is 0 Å². The molecule has 0 aromatic heterocycles. The number of ketones is 1. The van der Waals surface area contributed by atoms with E-state index in [0.717, 1.165) is 22.1 Å². The zero-order valence-corrected chi connectivity index (χ0v) is 21.3. The lowest BCUT2D eigenvalue weighted by molar-refractivity contribution is -0.139. The number of aliphatic hydroxyl groups excluding tert-OH is 1. The molecule has 1 aliphatic rings. The number of rotatable bonds is 8. The molecule has 0 bridgehead atoms. The van der Waals surface area contributed by atoms with Gasteiger partial charge in [0.2, 0.25) is 0 Å². The van der Waals surface area contributed by atoms with Crippen LogP contribution in [-0.2, 0) is 9.59 Å². The Bertz CT molecular complexity index is 1080. The first-order valence-electron chi connectivity index (χ1n) is 11.1. The van der Waals surface area contributed by atoms with Gasteiger partial charge in [0.05, 0.1) is 17.7 Å². The largest absolute Gasteiger partial charge is 0.507 e. The molecule has 1 atom stereocenters. The predicted octanol–water partition coefficient (Wildman–Crippen LogP) is 4.92. The lowest BCUT2D eigenvalue weighted by atomic mass is 9.94. The maximum absolute atomic E-state index is 13.1. The summed E-state index contributed by atoms with van der Waals surface area (Å²) in [5, 5.41) is 11.3. The lowest BCUT2D eigenvalue weighted by Gasteiger charge is -2.26. The third-order valence-electron chi connectivity index (χ3n) is 5.52. The van der Waals surface area contributed by atoms with E-state index in [1.165, 1.54) is 0 Å². The number of likely N-dealkylation sites (tertiary alicyclic amines) is 1. The lowest BCUT2D eigenvalue weighted by Crippen LogP contribution is -2.32. The molecule has 1 N–H and O–H groups in total. The van der Waals surface area contributed by atoms with Crippen molar-refractivity contribution < 1.29 is 19.4 Å². The van der Waals surface area contributed by atoms with Crippen molar-refractivity contribution in [1.82, 2.24) is 9.80 Å². The van der Waals surface area contributed by atoms with Crippen molar-refractivity contribution >= 4 is 33.4 Å². The maximum atomic E-state index is 13.1. The minimum absolute atomic E-state index is 0.0205. The van der Waals surface area contributed by atoms with E-state index in [9.17, 15) is 14.7 Å². The highest BCUT2D eigenvalue weighted by Crippen LogP contribution is 2.40. The van der Waals surface area contributed by atoms with Crippen LogP contribution in [-0.4, -0.2) is 59.9 Å². The van der Waals surface area contributed by atoms with Gasteiger partial charge in [-0.1, -0.05) is 28.1 Å². The van der Waals surface area contributed by atoms with Gasteiger partial charge in [-0.3, -0.25) is 9.59 Å². The van der Waals surface area contributed by atoms with Crippen molar-refractivity contribution in [2.45, 2.75) is 39.3 Å². The Balaban J connectivity index is 2.08. The molecule has 1 aliphatic heterocycles. The summed E-state index contributed by atoms with van der Waals surface area (Å²) in [6, 6.07) is 12.1. The summed E-state index contributed by atoms with van der Waals surface area (Å²) in [4.78, 5) is 29.8. The van der Waals surface area contributed by atoms with Crippen LogP contribution < -0.4 is 4.74 Å². The summed E-state index contributed by atoms with van der Waals surface area (Å²) in [7, 11) is 3.93. The summed E-state index contributed by atoms with van der Waals surface area (Å²) in [6.45, 7) is 6.98. The number of aliphatic hydroxyl groups is 1. The van der Waals surface area contributed by atoms with Crippen LogP contribution in [0.2, 0.25) is 0 Å². The molecule has 33 heavy (non-hydrogen) atoms. The van der Waals surface area contributed by atoms with Crippen LogP contribution in [0.5, 0.6) is 5.75 Å². The van der Waals surface area contributed by atoms with Gasteiger partial charge in [0, 0.05) is 16.6 Å². The number of aryl methyl sites for hydroxylation is 1. The van der Waals surface area contributed by atoms with Gasteiger partial charge < -0.3 is 19.6 Å². The second-order valence-electron chi connectivity index (χ2n) is 8.85. The zero-order valence-electron chi connectivity index (χ0n) is 19.8. The molecule has 2 aromatic carbocycles. The number of hydrogen-bond donors (Lipinski definition) is 1. The minimum atomic E-state index is -0.664. The molecule has 0 spiro atoms. The molecule has 7 heteroatoms. The average Bonchev–Trinajstić information content (AvgIpc) is 2.99. The number of benzene rings is 2. The van der Waals surface area contributed by atoms with Crippen LogP contribution in [0.4, 0.5) is 0 Å². The number of hydrogen-bond acceptors (Lipinski definition) is 5. The van der Waals surface area contributed by atoms with Gasteiger partial charge in [-0.25, -0.2) is 0 Å². The summed E-state index contributed by atoms with van der Waals surface area (Å²) < 4.78 is 6.63. The van der Waals surface area contributed by atoms with Gasteiger partial charge in [0.1, 0.15) is 11.5 Å². The third kappa shape index (κ3) is 5.65. The monoisotopic (exact) mass is 514 g/mol. The van der Waals surface area contributed by atoms with Crippen molar-refractivity contribution in [3.8, 4) is 5.75 Å². The number of amides is 1. The first kappa shape index (κ1) is 25.0. The van der Waals surface area contributed by atoms with Crippen molar-refractivity contribution in [1.29, 1.82) is 0 Å². The molecule has 0 aliphatic carbocycles. The van der Waals surface area contributed by atoms with Gasteiger partial charge in [0.25, 0.3) is 11.7 Å². The standard InChI is InChI=1S/C26H31BrN2O4/c1-16(2)33-21-11-10-19(14-17(21)3)24(30)22-23(18-8-6-9-20(27)15-18)29(26(32)25(22)31)13-7-12-28(4)5/h6,8-11,14-16,23,30H,7,12-13H2,1-5H3/b24-22+/t23-/m0/s1. The van der Waals surface area contributed by atoms with Gasteiger partial charge in [-0.15, -0.1) is 0 Å². The van der Waals surface area contributed by atoms with Crippen LogP contribution in [0.3, 0.4) is 0 Å². The fourth-order valence-corrected chi connectivity index (χ4v) is 4.45. The van der Waals surface area contributed by atoms with Gasteiger partial charge in [-0.05, 0) is 89.3 Å². The van der Waals surface area contributed by atoms with E-state index in [-0.39, 0.29) is 17.4 Å². The van der Waals surface area contributed by atoms with Gasteiger partial charge in [0.15, 0.2) is 0 Å². The number of nitrogens with zero attached hydrogens (tertiary/aromatic N) is 2. The second kappa shape index (κ2) is 10.5. The molecule has 1 amide bonds. The van der Waals surface area contributed by atoms with Crippen LogP contribution in [0.25, 0.3) is 5.76 Å². The Morgan fingerprint density at radius 2 is 1.91 bits per heavy atom. The summed E-state index contributed by atoms with van der Waals surface area (Å²) >= 11 is 3.48. The second-order valence-corrected chi connectivity index (χ2v) is 9.77. The van der Waals surface area contributed by atoms with Crippen LogP contribution in [0.1, 0.15) is 43.0 Å². The van der Waals surface area contributed by atoms with Crippen molar-refractivity contribution in [3.05, 3.63) is 69.2 Å². The first-order valence-corrected chi connectivity index (χ1v) is 11.9. The molecule has 1 saturated heterocycles. The molecule has 6 nitrogen and oxygen atoms in total. The summed E-state index contributed by atoms with van der Waals surface area (Å²) in [5.74, 6) is -0.707. The number of Topliss-reactive ketones (excluding diaryl/α,β-unsaturated/α-hetero) is 1. The van der Waals surface area contributed by atoms with E-state index in [1.807, 2.05) is 64.0 Å². The fraction of sp³-hybridized carbons (Fsp3) is 0.385.